The molecule has 0 unspecified atom stereocenters. The summed E-state index contributed by atoms with van der Waals surface area (Å²) in [6.07, 6.45) is 3.56. The van der Waals surface area contributed by atoms with E-state index in [4.69, 9.17) is 4.74 Å². The van der Waals surface area contributed by atoms with Gasteiger partial charge >= 0.3 is 0 Å². The highest BCUT2D eigenvalue weighted by Gasteiger charge is 2.30. The molecule has 0 spiro atoms. The topological polar surface area (TPSA) is 71.5 Å². The molecule has 6 nitrogen and oxygen atoms in total. The van der Waals surface area contributed by atoms with E-state index >= 15 is 0 Å². The molecule has 0 radical (unpaired) electrons. The van der Waals surface area contributed by atoms with E-state index in [1.807, 2.05) is 7.05 Å². The van der Waals surface area contributed by atoms with Gasteiger partial charge in [0.25, 0.3) is 0 Å². The number of hydrogen-bond acceptors (Lipinski definition) is 5. The van der Waals surface area contributed by atoms with Crippen molar-refractivity contribution >= 4 is 10.0 Å². The first kappa shape index (κ1) is 15.2. The lowest BCUT2D eigenvalue weighted by molar-refractivity contribution is 0.0616. The fraction of sp³-hybridized carbons (Fsp3) is 0.615. The van der Waals surface area contributed by atoms with Gasteiger partial charge in [0.1, 0.15) is 11.0 Å². The van der Waals surface area contributed by atoms with Crippen molar-refractivity contribution in [3.63, 3.8) is 0 Å². The molecule has 20 heavy (non-hydrogen) atoms. The minimum atomic E-state index is -3.42. The largest absolute Gasteiger partial charge is 0.474 e. The van der Waals surface area contributed by atoms with Gasteiger partial charge in [-0.3, -0.25) is 0 Å². The fourth-order valence-electron chi connectivity index (χ4n) is 2.20. The fourth-order valence-corrected chi connectivity index (χ4v) is 3.04. The van der Waals surface area contributed by atoms with Crippen molar-refractivity contribution in [3.8, 4) is 5.88 Å². The summed E-state index contributed by atoms with van der Waals surface area (Å²) >= 11 is 0. The molecule has 0 bridgehead atoms. The normalized spacial score (nSPS) is 22.6. The third-order valence-corrected chi connectivity index (χ3v) is 5.26. The average Bonchev–Trinajstić information content (AvgIpc) is 2.37. The van der Waals surface area contributed by atoms with Crippen LogP contribution in [0.1, 0.15) is 12.8 Å². The van der Waals surface area contributed by atoms with E-state index in [0.29, 0.717) is 11.8 Å². The van der Waals surface area contributed by atoms with Gasteiger partial charge in [-0.15, -0.1) is 0 Å². The number of rotatable bonds is 6. The maximum Gasteiger partial charge on any atom is 0.244 e. The number of hydrogen-bond donors (Lipinski definition) is 1. The van der Waals surface area contributed by atoms with Crippen molar-refractivity contribution in [3.05, 3.63) is 18.3 Å². The van der Waals surface area contributed by atoms with E-state index in [1.54, 1.807) is 6.07 Å². The molecule has 0 aromatic carbocycles. The Labute approximate surface area is 120 Å². The zero-order chi connectivity index (χ0) is 14.8. The molecular formula is C13H21N3O3S. The number of aromatic nitrogens is 1. The lowest BCUT2D eigenvalue weighted by Crippen LogP contribution is -2.38. The third-order valence-electron chi connectivity index (χ3n) is 3.46. The summed E-state index contributed by atoms with van der Waals surface area (Å²) in [5.74, 6) is 1.15. The van der Waals surface area contributed by atoms with E-state index in [-0.39, 0.29) is 11.0 Å². The second kappa shape index (κ2) is 6.07. The second-order valence-electron chi connectivity index (χ2n) is 5.25. The highest BCUT2D eigenvalue weighted by Crippen LogP contribution is 2.30. The van der Waals surface area contributed by atoms with Crippen LogP contribution in [0.2, 0.25) is 0 Å². The van der Waals surface area contributed by atoms with Crippen LogP contribution in [-0.2, 0) is 10.0 Å². The molecule has 1 aliphatic carbocycles. The summed E-state index contributed by atoms with van der Waals surface area (Å²) in [5.41, 5.74) is 0. The number of ether oxygens (including phenoxy) is 1. The van der Waals surface area contributed by atoms with E-state index in [2.05, 4.69) is 10.3 Å². The molecule has 0 saturated heterocycles. The van der Waals surface area contributed by atoms with Gasteiger partial charge in [0.05, 0.1) is 6.20 Å². The highest BCUT2D eigenvalue weighted by molar-refractivity contribution is 7.89. The van der Waals surface area contributed by atoms with Crippen LogP contribution in [0, 0.1) is 5.92 Å². The van der Waals surface area contributed by atoms with Crippen LogP contribution in [0.25, 0.3) is 0 Å². The first-order chi connectivity index (χ1) is 9.43. The maximum absolute atomic E-state index is 11.9. The van der Waals surface area contributed by atoms with E-state index in [1.165, 1.54) is 30.7 Å². The Morgan fingerprint density at radius 1 is 1.40 bits per heavy atom. The Kier molecular flexibility index (Phi) is 4.62. The molecule has 1 saturated carbocycles. The molecule has 112 valence electrons. The standard InChI is InChI=1S/C13H21N3O3S/c1-14-8-10-6-11(7-10)19-13-5-4-12(9-15-13)20(17,18)16(2)3/h4-5,9-11,14H,6-8H2,1-3H3. The van der Waals surface area contributed by atoms with Gasteiger partial charge < -0.3 is 10.1 Å². The second-order valence-corrected chi connectivity index (χ2v) is 7.41. The van der Waals surface area contributed by atoms with Crippen molar-refractivity contribution in [1.29, 1.82) is 0 Å². The summed E-state index contributed by atoms with van der Waals surface area (Å²) in [7, 11) is 1.51. The van der Waals surface area contributed by atoms with Gasteiger partial charge in [-0.05, 0) is 38.4 Å². The Bertz CT molecular complexity index is 536. The van der Waals surface area contributed by atoms with Gasteiger partial charge in [-0.1, -0.05) is 0 Å². The Morgan fingerprint density at radius 2 is 2.10 bits per heavy atom. The molecule has 7 heteroatoms. The SMILES string of the molecule is CNCC1CC(Oc2ccc(S(=O)(=O)N(C)C)cn2)C1. The smallest absolute Gasteiger partial charge is 0.244 e. The van der Waals surface area contributed by atoms with Crippen molar-refractivity contribution in [2.24, 2.45) is 5.92 Å². The van der Waals surface area contributed by atoms with Gasteiger partial charge in [-0.25, -0.2) is 17.7 Å². The number of pyridine rings is 1. The van der Waals surface area contributed by atoms with E-state index < -0.39 is 10.0 Å². The quantitative estimate of drug-likeness (QED) is 0.837. The molecule has 2 rings (SSSR count). The van der Waals surface area contributed by atoms with Gasteiger partial charge in [0, 0.05) is 20.2 Å². The summed E-state index contributed by atoms with van der Waals surface area (Å²) in [5, 5.41) is 3.15. The van der Waals surface area contributed by atoms with Gasteiger partial charge in [-0.2, -0.15) is 0 Å². The Hall–Kier alpha value is -1.18. The third kappa shape index (κ3) is 3.28. The zero-order valence-electron chi connectivity index (χ0n) is 12.0. The van der Waals surface area contributed by atoms with E-state index in [0.717, 1.165) is 19.4 Å². The predicted molar refractivity (Wildman–Crippen MR) is 76.2 cm³/mol. The molecule has 1 aromatic rings. The molecule has 1 N–H and O–H groups in total. The lowest BCUT2D eigenvalue weighted by atomic mass is 9.82. The van der Waals surface area contributed by atoms with Crippen molar-refractivity contribution in [2.75, 3.05) is 27.7 Å². The van der Waals surface area contributed by atoms with E-state index in [9.17, 15) is 8.42 Å². The Morgan fingerprint density at radius 3 is 2.60 bits per heavy atom. The lowest BCUT2D eigenvalue weighted by Gasteiger charge is -2.34. The van der Waals surface area contributed by atoms with Crippen molar-refractivity contribution in [2.45, 2.75) is 23.8 Å². The number of nitrogens with one attached hydrogen (secondary N) is 1. The van der Waals surface area contributed by atoms with Gasteiger partial charge in [0.2, 0.25) is 15.9 Å². The van der Waals surface area contributed by atoms with Crippen LogP contribution in [0.5, 0.6) is 5.88 Å². The van der Waals surface area contributed by atoms with Crippen LogP contribution < -0.4 is 10.1 Å². The summed E-state index contributed by atoms with van der Waals surface area (Å²) in [6, 6.07) is 3.14. The summed E-state index contributed by atoms with van der Waals surface area (Å²) in [6.45, 7) is 1.01. The van der Waals surface area contributed by atoms with Gasteiger partial charge in [0.15, 0.2) is 0 Å². The first-order valence-corrected chi connectivity index (χ1v) is 8.07. The summed E-state index contributed by atoms with van der Waals surface area (Å²) in [4.78, 5) is 4.25. The number of sulfonamides is 1. The first-order valence-electron chi connectivity index (χ1n) is 6.63. The molecule has 0 atom stereocenters. The minimum absolute atomic E-state index is 0.177. The van der Waals surface area contributed by atoms with Crippen LogP contribution in [0.4, 0.5) is 0 Å². The van der Waals surface area contributed by atoms with Crippen molar-refractivity contribution in [1.82, 2.24) is 14.6 Å². The van der Waals surface area contributed by atoms with Crippen LogP contribution in [0.15, 0.2) is 23.2 Å². The number of nitrogens with zero attached hydrogens (tertiary/aromatic N) is 2. The highest BCUT2D eigenvalue weighted by atomic mass is 32.2. The molecule has 1 fully saturated rings. The maximum atomic E-state index is 11.9. The predicted octanol–water partition coefficient (Wildman–Crippen LogP) is 0.709. The van der Waals surface area contributed by atoms with Crippen molar-refractivity contribution < 1.29 is 13.2 Å². The van der Waals surface area contributed by atoms with Crippen LogP contribution in [-0.4, -0.2) is 51.5 Å². The summed E-state index contributed by atoms with van der Waals surface area (Å²) < 4.78 is 30.6. The molecule has 1 aromatic heterocycles. The molecule has 1 aliphatic rings. The average molecular weight is 299 g/mol. The monoisotopic (exact) mass is 299 g/mol. The minimum Gasteiger partial charge on any atom is -0.474 e. The molecular weight excluding hydrogens is 278 g/mol. The van der Waals surface area contributed by atoms with Crippen LogP contribution >= 0.6 is 0 Å². The zero-order valence-corrected chi connectivity index (χ0v) is 12.9. The van der Waals surface area contributed by atoms with Crippen LogP contribution in [0.3, 0.4) is 0 Å². The molecule has 0 amide bonds. The molecule has 1 heterocycles. The Balaban J connectivity index is 1.93. The molecule has 0 aliphatic heterocycles.